The Bertz CT molecular complexity index is 1580. The second-order valence-electron chi connectivity index (χ2n) is 11.3. The van der Waals surface area contributed by atoms with E-state index in [1.54, 1.807) is 6.20 Å². The molecule has 3 saturated heterocycles. The molecule has 3 aromatic heterocycles. The SMILES string of the molecule is COc1nc(N2CCC(c3c(Cl)sc(N)c3C#N)C2)c(C#N)c(N(C)C(C)c2cccnc2N)n1.FC1CC2CCCN2C1. The van der Waals surface area contributed by atoms with E-state index in [0.717, 1.165) is 30.5 Å². The molecule has 3 aliphatic rings. The summed E-state index contributed by atoms with van der Waals surface area (Å²) in [4.78, 5) is 19.3. The van der Waals surface area contributed by atoms with E-state index < -0.39 is 6.17 Å². The molecule has 0 spiro atoms. The molecular weight excluding hydrogens is 603 g/mol. The monoisotopic (exact) mass is 638 g/mol. The molecule has 6 heterocycles. The normalized spacial score (nSPS) is 21.6. The quantitative estimate of drug-likeness (QED) is 0.379. The highest BCUT2D eigenvalue weighted by Crippen LogP contribution is 2.44. The standard InChI is InChI=1S/C23H24ClN9OS.C7H12FN/c1-12(14-5-4-7-29-19(14)27)32(2)21-16(10-26)22(31-23(30-21)34-3)33-8-6-13(11-33)17-15(9-25)20(28)35-18(17)24;8-6-4-7-2-1-3-9(7)5-6/h4-5,7,12-13H,6,8,11,28H2,1-3H3,(H2,27,29);6-7H,1-5H2. The van der Waals surface area contributed by atoms with Crippen molar-refractivity contribution in [3.8, 4) is 18.1 Å². The summed E-state index contributed by atoms with van der Waals surface area (Å²) in [6.07, 6.45) is 5.18. The number of halogens is 2. The summed E-state index contributed by atoms with van der Waals surface area (Å²) >= 11 is 7.64. The van der Waals surface area contributed by atoms with Crippen molar-refractivity contribution in [2.75, 3.05) is 61.6 Å². The van der Waals surface area contributed by atoms with Crippen molar-refractivity contribution < 1.29 is 9.13 Å². The number of anilines is 4. The number of pyridine rings is 1. The molecular formula is C30H36ClFN10OS. The molecule has 3 aromatic rings. The zero-order chi connectivity index (χ0) is 31.5. The van der Waals surface area contributed by atoms with Gasteiger partial charge in [0, 0.05) is 56.0 Å². The number of rotatable bonds is 6. The van der Waals surface area contributed by atoms with Crippen molar-refractivity contribution in [1.29, 1.82) is 10.5 Å². The van der Waals surface area contributed by atoms with Crippen molar-refractivity contribution in [2.24, 2.45) is 0 Å². The number of nitrogens with zero attached hydrogens (tertiary/aromatic N) is 8. The maximum absolute atomic E-state index is 12.6. The molecule has 4 N–H and O–H groups in total. The predicted molar refractivity (Wildman–Crippen MR) is 171 cm³/mol. The third kappa shape index (κ3) is 6.18. The molecule has 0 saturated carbocycles. The number of hydrogen-bond donors (Lipinski definition) is 2. The van der Waals surface area contributed by atoms with Crippen LogP contribution < -0.4 is 26.0 Å². The van der Waals surface area contributed by atoms with Crippen LogP contribution in [0.1, 0.15) is 66.8 Å². The minimum absolute atomic E-state index is 0.0199. The van der Waals surface area contributed by atoms with Gasteiger partial charge in [-0.25, -0.2) is 9.37 Å². The van der Waals surface area contributed by atoms with Crippen molar-refractivity contribution in [3.05, 3.63) is 44.9 Å². The third-order valence-electron chi connectivity index (χ3n) is 8.78. The van der Waals surface area contributed by atoms with Gasteiger partial charge in [0.2, 0.25) is 0 Å². The summed E-state index contributed by atoms with van der Waals surface area (Å²) in [6.45, 7) is 4.95. The topological polar surface area (TPSA) is 157 Å². The summed E-state index contributed by atoms with van der Waals surface area (Å²) in [5.41, 5.74) is 14.4. The first-order valence-corrected chi connectivity index (χ1v) is 15.8. The van der Waals surface area contributed by atoms with Crippen LogP contribution in [0.3, 0.4) is 0 Å². The lowest BCUT2D eigenvalue weighted by molar-refractivity contribution is 0.292. The van der Waals surface area contributed by atoms with Gasteiger partial charge in [0.25, 0.3) is 0 Å². The van der Waals surface area contributed by atoms with Crippen LogP contribution in [0.15, 0.2) is 18.3 Å². The molecule has 11 nitrogen and oxygen atoms in total. The number of nitrogens with two attached hydrogens (primary N) is 2. The number of aromatic nitrogens is 3. The summed E-state index contributed by atoms with van der Waals surface area (Å²) in [7, 11) is 3.32. The number of fused-ring (bicyclic) bond motifs is 1. The molecule has 0 amide bonds. The number of nitriles is 2. The Labute approximate surface area is 265 Å². The van der Waals surface area contributed by atoms with E-state index in [1.165, 1.54) is 31.3 Å². The molecule has 44 heavy (non-hydrogen) atoms. The Morgan fingerprint density at radius 3 is 2.64 bits per heavy atom. The van der Waals surface area contributed by atoms with Crippen LogP contribution in [-0.4, -0.2) is 72.4 Å². The number of ether oxygens (including phenoxy) is 1. The molecule has 3 fully saturated rings. The molecule has 232 valence electrons. The lowest BCUT2D eigenvalue weighted by Gasteiger charge is -2.29. The Morgan fingerprint density at radius 1 is 1.18 bits per heavy atom. The lowest BCUT2D eigenvalue weighted by Crippen LogP contribution is -2.28. The molecule has 0 bridgehead atoms. The van der Waals surface area contributed by atoms with E-state index in [9.17, 15) is 14.9 Å². The molecule has 0 aromatic carbocycles. The van der Waals surface area contributed by atoms with Crippen molar-refractivity contribution in [1.82, 2.24) is 19.9 Å². The van der Waals surface area contributed by atoms with E-state index in [1.807, 2.05) is 35.9 Å². The van der Waals surface area contributed by atoms with Gasteiger partial charge in [-0.05, 0) is 45.2 Å². The zero-order valence-electron chi connectivity index (χ0n) is 25.0. The highest BCUT2D eigenvalue weighted by molar-refractivity contribution is 7.20. The number of hydrogen-bond acceptors (Lipinski definition) is 12. The largest absolute Gasteiger partial charge is 0.467 e. The Hall–Kier alpha value is -3.91. The van der Waals surface area contributed by atoms with Gasteiger partial charge in [-0.1, -0.05) is 17.7 Å². The molecule has 4 unspecified atom stereocenters. The van der Waals surface area contributed by atoms with Crippen LogP contribution in [0.2, 0.25) is 4.34 Å². The number of methoxy groups -OCH3 is 1. The first-order valence-electron chi connectivity index (χ1n) is 14.6. The highest BCUT2D eigenvalue weighted by Gasteiger charge is 2.35. The van der Waals surface area contributed by atoms with Crippen LogP contribution >= 0.6 is 22.9 Å². The zero-order valence-corrected chi connectivity index (χ0v) is 26.6. The van der Waals surface area contributed by atoms with Gasteiger partial charge >= 0.3 is 6.01 Å². The van der Waals surface area contributed by atoms with Crippen molar-refractivity contribution in [3.63, 3.8) is 0 Å². The fraction of sp³-hybridized carbons (Fsp3) is 0.500. The van der Waals surface area contributed by atoms with Gasteiger partial charge in [-0.2, -0.15) is 20.5 Å². The lowest BCUT2D eigenvalue weighted by atomic mass is 9.97. The van der Waals surface area contributed by atoms with Crippen molar-refractivity contribution in [2.45, 2.75) is 56.8 Å². The fourth-order valence-electron chi connectivity index (χ4n) is 6.40. The molecule has 3 aliphatic heterocycles. The highest BCUT2D eigenvalue weighted by atomic mass is 35.5. The third-order valence-corrected chi connectivity index (χ3v) is 10.0. The van der Waals surface area contributed by atoms with E-state index in [-0.39, 0.29) is 18.0 Å². The van der Waals surface area contributed by atoms with Gasteiger partial charge in [0.15, 0.2) is 11.6 Å². The van der Waals surface area contributed by atoms with E-state index >= 15 is 0 Å². The number of nitrogen functional groups attached to an aromatic ring is 2. The molecule has 0 radical (unpaired) electrons. The second kappa shape index (κ2) is 13.4. The van der Waals surface area contributed by atoms with Gasteiger partial charge in [0.1, 0.15) is 34.7 Å². The maximum Gasteiger partial charge on any atom is 0.320 e. The maximum atomic E-state index is 12.6. The Kier molecular flexibility index (Phi) is 9.59. The number of alkyl halides is 1. The molecule has 6 rings (SSSR count). The summed E-state index contributed by atoms with van der Waals surface area (Å²) in [5, 5.41) is 20.1. The number of thiophene rings is 1. The minimum atomic E-state index is -0.518. The second-order valence-corrected chi connectivity index (χ2v) is 13.0. The van der Waals surface area contributed by atoms with E-state index in [0.29, 0.717) is 63.6 Å². The van der Waals surface area contributed by atoms with Gasteiger partial charge in [-0.15, -0.1) is 11.3 Å². The van der Waals surface area contributed by atoms with Gasteiger partial charge in [-0.3, -0.25) is 4.90 Å². The van der Waals surface area contributed by atoms with Crippen LogP contribution in [0, 0.1) is 22.7 Å². The van der Waals surface area contributed by atoms with Gasteiger partial charge in [0.05, 0.1) is 23.1 Å². The van der Waals surface area contributed by atoms with Crippen LogP contribution in [0.25, 0.3) is 0 Å². The molecule has 4 atom stereocenters. The van der Waals surface area contributed by atoms with Gasteiger partial charge < -0.3 is 26.0 Å². The predicted octanol–water partition coefficient (Wildman–Crippen LogP) is 4.89. The summed E-state index contributed by atoms with van der Waals surface area (Å²) < 4.78 is 18.5. The molecule has 14 heteroatoms. The fourth-order valence-corrected chi connectivity index (χ4v) is 7.72. The first-order chi connectivity index (χ1) is 21.2. The van der Waals surface area contributed by atoms with Crippen LogP contribution in [0.4, 0.5) is 26.8 Å². The first kappa shape index (κ1) is 31.5. The Morgan fingerprint density at radius 2 is 1.95 bits per heavy atom. The average Bonchev–Trinajstić information content (AvgIpc) is 3.80. The molecule has 0 aliphatic carbocycles. The van der Waals surface area contributed by atoms with E-state index in [4.69, 9.17) is 27.8 Å². The van der Waals surface area contributed by atoms with E-state index in [2.05, 4.69) is 32.0 Å². The average molecular weight is 639 g/mol. The Balaban J connectivity index is 0.000000361. The van der Waals surface area contributed by atoms with Crippen molar-refractivity contribution >= 4 is 45.4 Å². The summed E-state index contributed by atoms with van der Waals surface area (Å²) in [5.74, 6) is 1.28. The smallest absolute Gasteiger partial charge is 0.320 e. The van der Waals surface area contributed by atoms with Crippen LogP contribution in [0.5, 0.6) is 6.01 Å². The van der Waals surface area contributed by atoms with Crippen LogP contribution in [-0.2, 0) is 0 Å². The minimum Gasteiger partial charge on any atom is -0.467 e. The summed E-state index contributed by atoms with van der Waals surface area (Å²) in [6, 6.07) is 8.70.